The third-order valence-corrected chi connectivity index (χ3v) is 1.74. The molecular formula is C10H14N2O3. The molecule has 0 radical (unpaired) electrons. The number of nitrogens with zero attached hydrogens (tertiary/aromatic N) is 2. The summed E-state index contributed by atoms with van der Waals surface area (Å²) in [4.78, 5) is 10.3. The summed E-state index contributed by atoms with van der Waals surface area (Å²) in [7, 11) is 0. The number of rotatable bonds is 6. The molecule has 0 fully saturated rings. The average molecular weight is 210 g/mol. The normalized spacial score (nSPS) is 11.0. The second kappa shape index (κ2) is 5.98. The zero-order valence-electron chi connectivity index (χ0n) is 8.59. The van der Waals surface area contributed by atoms with Crippen molar-refractivity contribution in [2.45, 2.75) is 13.5 Å². The summed E-state index contributed by atoms with van der Waals surface area (Å²) in [5.41, 5.74) is 0.772. The highest BCUT2D eigenvalue weighted by molar-refractivity contribution is 5.85. The van der Waals surface area contributed by atoms with Crippen molar-refractivity contribution in [2.75, 3.05) is 13.2 Å². The van der Waals surface area contributed by atoms with E-state index in [4.69, 9.17) is 9.84 Å². The predicted molar refractivity (Wildman–Crippen MR) is 55.4 cm³/mol. The van der Waals surface area contributed by atoms with Crippen molar-refractivity contribution in [3.8, 4) is 0 Å². The Bertz CT molecular complexity index is 344. The van der Waals surface area contributed by atoms with Gasteiger partial charge in [0.1, 0.15) is 0 Å². The molecule has 0 amide bonds. The van der Waals surface area contributed by atoms with Crippen LogP contribution in [-0.2, 0) is 16.1 Å². The molecule has 0 aliphatic rings. The summed E-state index contributed by atoms with van der Waals surface area (Å²) >= 11 is 0. The molecule has 0 aliphatic carbocycles. The van der Waals surface area contributed by atoms with Crippen LogP contribution in [0.3, 0.4) is 0 Å². The number of aromatic nitrogens is 2. The van der Waals surface area contributed by atoms with Crippen LogP contribution in [0.1, 0.15) is 12.5 Å². The molecule has 1 heterocycles. The molecule has 0 saturated heterocycles. The number of carboxylic acids is 1. The molecule has 0 unspecified atom stereocenters. The van der Waals surface area contributed by atoms with Crippen molar-refractivity contribution in [1.29, 1.82) is 0 Å². The van der Waals surface area contributed by atoms with E-state index < -0.39 is 5.97 Å². The molecule has 5 heteroatoms. The fraction of sp³-hybridized carbons (Fsp3) is 0.400. The Labute approximate surface area is 88.0 Å². The second-order valence-electron chi connectivity index (χ2n) is 2.91. The van der Waals surface area contributed by atoms with Crippen molar-refractivity contribution in [3.63, 3.8) is 0 Å². The highest BCUT2D eigenvalue weighted by atomic mass is 16.5. The summed E-state index contributed by atoms with van der Waals surface area (Å²) in [6.45, 7) is 3.91. The number of ether oxygens (including phenoxy) is 1. The summed E-state index contributed by atoms with van der Waals surface area (Å²) in [6.07, 6.45) is 5.99. The van der Waals surface area contributed by atoms with Gasteiger partial charge < -0.3 is 9.84 Å². The van der Waals surface area contributed by atoms with E-state index in [9.17, 15) is 4.79 Å². The fourth-order valence-electron chi connectivity index (χ4n) is 1.06. The molecule has 1 N–H and O–H groups in total. The van der Waals surface area contributed by atoms with Crippen molar-refractivity contribution < 1.29 is 14.6 Å². The Morgan fingerprint density at radius 2 is 2.53 bits per heavy atom. The number of hydrogen-bond acceptors (Lipinski definition) is 3. The molecule has 0 atom stereocenters. The van der Waals surface area contributed by atoms with Crippen molar-refractivity contribution >= 4 is 12.0 Å². The van der Waals surface area contributed by atoms with Crippen LogP contribution in [0.2, 0.25) is 0 Å². The molecule has 1 aromatic heterocycles. The second-order valence-corrected chi connectivity index (χ2v) is 2.91. The highest BCUT2D eigenvalue weighted by Gasteiger charge is 1.95. The standard InChI is InChI=1S/C10H14N2O3/c1-2-15-6-5-12-8-9(7-11-12)3-4-10(13)14/h3-4,7-8H,2,5-6H2,1H3,(H,13,14)/b4-3+. The molecule has 0 saturated carbocycles. The number of hydrogen-bond donors (Lipinski definition) is 1. The molecule has 1 aromatic rings. The van der Waals surface area contributed by atoms with Crippen LogP contribution in [-0.4, -0.2) is 34.1 Å². The van der Waals surface area contributed by atoms with Crippen LogP contribution in [0.15, 0.2) is 18.5 Å². The van der Waals surface area contributed by atoms with Crippen molar-refractivity contribution in [1.82, 2.24) is 9.78 Å². The first-order valence-corrected chi connectivity index (χ1v) is 4.73. The van der Waals surface area contributed by atoms with E-state index in [1.54, 1.807) is 17.1 Å². The molecule has 1 rings (SSSR count). The topological polar surface area (TPSA) is 64.3 Å². The first-order valence-electron chi connectivity index (χ1n) is 4.73. The maximum absolute atomic E-state index is 10.3. The molecule has 0 aromatic carbocycles. The summed E-state index contributed by atoms with van der Waals surface area (Å²) in [5, 5.41) is 12.5. The van der Waals surface area contributed by atoms with E-state index in [2.05, 4.69) is 5.10 Å². The largest absolute Gasteiger partial charge is 0.478 e. The third kappa shape index (κ3) is 4.42. The average Bonchev–Trinajstić information content (AvgIpc) is 2.63. The smallest absolute Gasteiger partial charge is 0.328 e. The maximum Gasteiger partial charge on any atom is 0.328 e. The maximum atomic E-state index is 10.3. The van der Waals surface area contributed by atoms with E-state index in [0.717, 1.165) is 11.6 Å². The Kier molecular flexibility index (Phi) is 4.56. The van der Waals surface area contributed by atoms with Gasteiger partial charge in [-0.15, -0.1) is 0 Å². The van der Waals surface area contributed by atoms with E-state index in [-0.39, 0.29) is 0 Å². The molecular weight excluding hydrogens is 196 g/mol. The molecule has 15 heavy (non-hydrogen) atoms. The van der Waals surface area contributed by atoms with E-state index in [1.165, 1.54) is 6.08 Å². The van der Waals surface area contributed by atoms with Gasteiger partial charge in [-0.2, -0.15) is 5.10 Å². The van der Waals surface area contributed by atoms with Crippen molar-refractivity contribution in [3.05, 3.63) is 24.0 Å². The lowest BCUT2D eigenvalue weighted by Crippen LogP contribution is -2.05. The lowest BCUT2D eigenvalue weighted by atomic mass is 10.3. The molecule has 0 bridgehead atoms. The third-order valence-electron chi connectivity index (χ3n) is 1.74. The zero-order valence-corrected chi connectivity index (χ0v) is 8.59. The van der Waals surface area contributed by atoms with Crippen LogP contribution in [0.4, 0.5) is 0 Å². The predicted octanol–water partition coefficient (Wildman–Crippen LogP) is 1.02. The van der Waals surface area contributed by atoms with Gasteiger partial charge in [0.2, 0.25) is 0 Å². The van der Waals surface area contributed by atoms with Crippen LogP contribution in [0, 0.1) is 0 Å². The first-order chi connectivity index (χ1) is 7.22. The van der Waals surface area contributed by atoms with Crippen LogP contribution in [0.25, 0.3) is 6.08 Å². The van der Waals surface area contributed by atoms with E-state index in [0.29, 0.717) is 19.8 Å². The lowest BCUT2D eigenvalue weighted by Gasteiger charge is -2.00. The van der Waals surface area contributed by atoms with Crippen molar-refractivity contribution in [2.24, 2.45) is 0 Å². The van der Waals surface area contributed by atoms with Gasteiger partial charge in [-0.3, -0.25) is 4.68 Å². The SMILES string of the molecule is CCOCCn1cc(/C=C/C(=O)O)cn1. The summed E-state index contributed by atoms with van der Waals surface area (Å²) in [5.74, 6) is -0.961. The zero-order chi connectivity index (χ0) is 11.1. The quantitative estimate of drug-likeness (QED) is 0.562. The van der Waals surface area contributed by atoms with Gasteiger partial charge in [0.25, 0.3) is 0 Å². The minimum Gasteiger partial charge on any atom is -0.478 e. The lowest BCUT2D eigenvalue weighted by molar-refractivity contribution is -0.131. The Morgan fingerprint density at radius 1 is 1.73 bits per heavy atom. The van der Waals surface area contributed by atoms with Crippen LogP contribution in [0.5, 0.6) is 0 Å². The monoisotopic (exact) mass is 210 g/mol. The molecule has 5 nitrogen and oxygen atoms in total. The van der Waals surface area contributed by atoms with Gasteiger partial charge in [0, 0.05) is 24.4 Å². The number of carboxylic acid groups (broad SMARTS) is 1. The highest BCUT2D eigenvalue weighted by Crippen LogP contribution is 2.00. The van der Waals surface area contributed by atoms with Gasteiger partial charge in [0.15, 0.2) is 0 Å². The molecule has 0 aliphatic heterocycles. The van der Waals surface area contributed by atoms with Gasteiger partial charge in [-0.25, -0.2) is 4.79 Å². The Hall–Kier alpha value is -1.62. The van der Waals surface area contributed by atoms with Crippen LogP contribution < -0.4 is 0 Å². The Morgan fingerprint density at radius 3 is 3.20 bits per heavy atom. The van der Waals surface area contributed by atoms with Gasteiger partial charge >= 0.3 is 5.97 Å². The van der Waals surface area contributed by atoms with Gasteiger partial charge in [-0.05, 0) is 13.0 Å². The van der Waals surface area contributed by atoms with Gasteiger partial charge in [-0.1, -0.05) is 0 Å². The van der Waals surface area contributed by atoms with E-state index >= 15 is 0 Å². The number of carbonyl (C=O) groups is 1. The summed E-state index contributed by atoms with van der Waals surface area (Å²) in [6, 6.07) is 0. The fourth-order valence-corrected chi connectivity index (χ4v) is 1.06. The number of aliphatic carboxylic acids is 1. The molecule has 82 valence electrons. The van der Waals surface area contributed by atoms with Gasteiger partial charge in [0.05, 0.1) is 19.3 Å². The van der Waals surface area contributed by atoms with Crippen LogP contribution >= 0.6 is 0 Å². The summed E-state index contributed by atoms with van der Waals surface area (Å²) < 4.78 is 6.89. The molecule has 0 spiro atoms. The first kappa shape index (κ1) is 11.5. The minimum atomic E-state index is -0.961. The minimum absolute atomic E-state index is 0.611. The van der Waals surface area contributed by atoms with E-state index in [1.807, 2.05) is 6.92 Å². The Balaban J connectivity index is 2.45.